The Labute approximate surface area is 167 Å². The molecule has 1 aliphatic rings. The molecule has 2 aromatic carbocycles. The number of carbonyl (C=O) groups is 1. The summed E-state index contributed by atoms with van der Waals surface area (Å²) in [5.41, 5.74) is 2.00. The van der Waals surface area contributed by atoms with Gasteiger partial charge in [-0.25, -0.2) is 4.39 Å². The lowest BCUT2D eigenvalue weighted by atomic mass is 9.98. The van der Waals surface area contributed by atoms with Crippen LogP contribution in [0.1, 0.15) is 27.7 Å². The Morgan fingerprint density at radius 1 is 1.17 bits per heavy atom. The number of amides is 1. The van der Waals surface area contributed by atoms with Gasteiger partial charge in [-0.1, -0.05) is 23.5 Å². The van der Waals surface area contributed by atoms with E-state index in [-0.39, 0.29) is 22.3 Å². The largest absolute Gasteiger partial charge is 0.497 e. The predicted molar refractivity (Wildman–Crippen MR) is 104 cm³/mol. The number of carbonyl (C=O) groups excluding carboxylic acids is 1. The summed E-state index contributed by atoms with van der Waals surface area (Å²) in [7, 11) is 1.55. The molecule has 4 aromatic rings. The molecule has 0 saturated heterocycles. The van der Waals surface area contributed by atoms with Crippen molar-refractivity contribution >= 4 is 33.3 Å². The van der Waals surface area contributed by atoms with Gasteiger partial charge in [-0.2, -0.15) is 0 Å². The molecule has 1 aliphatic heterocycles. The summed E-state index contributed by atoms with van der Waals surface area (Å²) < 4.78 is 24.7. The quantitative estimate of drug-likeness (QED) is 0.515. The molecule has 5 rings (SSSR count). The van der Waals surface area contributed by atoms with E-state index in [0.717, 1.165) is 6.07 Å². The summed E-state index contributed by atoms with van der Waals surface area (Å²) in [5, 5.41) is 8.21. The molecule has 0 fully saturated rings. The summed E-state index contributed by atoms with van der Waals surface area (Å²) >= 11 is 1.17. The van der Waals surface area contributed by atoms with Crippen LogP contribution in [0.15, 0.2) is 57.2 Å². The molecule has 3 heterocycles. The molecule has 0 saturated carbocycles. The molecule has 1 amide bonds. The van der Waals surface area contributed by atoms with E-state index >= 15 is 0 Å². The van der Waals surface area contributed by atoms with E-state index in [1.807, 2.05) is 0 Å². The second-order valence-electron chi connectivity index (χ2n) is 6.39. The number of fused-ring (bicyclic) bond motifs is 2. The van der Waals surface area contributed by atoms with Gasteiger partial charge in [0.15, 0.2) is 5.43 Å². The van der Waals surface area contributed by atoms with Crippen molar-refractivity contribution in [1.29, 1.82) is 0 Å². The molecular formula is C20H12FN3O4S. The van der Waals surface area contributed by atoms with Gasteiger partial charge in [0.25, 0.3) is 5.91 Å². The zero-order valence-corrected chi connectivity index (χ0v) is 15.8. The minimum Gasteiger partial charge on any atom is -0.497 e. The maximum absolute atomic E-state index is 13.8. The summed E-state index contributed by atoms with van der Waals surface area (Å²) in [6.07, 6.45) is 0. The molecule has 0 radical (unpaired) electrons. The van der Waals surface area contributed by atoms with Gasteiger partial charge < -0.3 is 9.15 Å². The van der Waals surface area contributed by atoms with E-state index < -0.39 is 23.2 Å². The number of rotatable bonds is 3. The second kappa shape index (κ2) is 6.49. The maximum Gasteiger partial charge on any atom is 0.297 e. The highest BCUT2D eigenvalue weighted by Crippen LogP contribution is 2.41. The number of hydrogen-bond donors (Lipinski definition) is 0. The van der Waals surface area contributed by atoms with Crippen LogP contribution in [0.2, 0.25) is 0 Å². The predicted octanol–water partition coefficient (Wildman–Crippen LogP) is 3.54. The van der Waals surface area contributed by atoms with Crippen LogP contribution in [-0.2, 0) is 0 Å². The SMILES string of the molecule is COc1ccc(C2c3c(oc4ccc(F)cc4c3=O)C(=O)N2c2nncs2)cc1. The summed E-state index contributed by atoms with van der Waals surface area (Å²) in [4.78, 5) is 27.9. The third-order valence-electron chi connectivity index (χ3n) is 4.82. The Balaban J connectivity index is 1.80. The molecule has 144 valence electrons. The molecule has 29 heavy (non-hydrogen) atoms. The third kappa shape index (κ3) is 2.62. The minimum atomic E-state index is -0.778. The Hall–Kier alpha value is -3.59. The van der Waals surface area contributed by atoms with E-state index in [9.17, 15) is 14.0 Å². The first-order valence-electron chi connectivity index (χ1n) is 8.58. The smallest absolute Gasteiger partial charge is 0.297 e. The molecule has 1 atom stereocenters. The standard InChI is InChI=1S/C20H12FN3O4S/c1-27-12-5-2-10(3-6-12)16-15-17(25)13-8-11(21)4-7-14(13)28-18(15)19(26)24(16)20-23-22-9-29-20/h2-9,16H,1H3. The molecule has 9 heteroatoms. The number of methoxy groups -OCH3 is 1. The Bertz CT molecular complexity index is 1300. The number of aromatic nitrogens is 2. The zero-order chi connectivity index (χ0) is 20.1. The monoisotopic (exact) mass is 409 g/mol. The Morgan fingerprint density at radius 2 is 1.97 bits per heavy atom. The molecule has 0 spiro atoms. The average molecular weight is 409 g/mol. The highest BCUT2D eigenvalue weighted by molar-refractivity contribution is 7.13. The second-order valence-corrected chi connectivity index (χ2v) is 7.20. The lowest BCUT2D eigenvalue weighted by molar-refractivity contribution is 0.0970. The number of halogens is 1. The van der Waals surface area contributed by atoms with Crippen molar-refractivity contribution in [3.05, 3.63) is 80.9 Å². The molecule has 0 bridgehead atoms. The van der Waals surface area contributed by atoms with Crippen molar-refractivity contribution in [3.8, 4) is 5.75 Å². The highest BCUT2D eigenvalue weighted by Gasteiger charge is 2.45. The van der Waals surface area contributed by atoms with Crippen LogP contribution in [0.3, 0.4) is 0 Å². The van der Waals surface area contributed by atoms with Crippen LogP contribution < -0.4 is 15.1 Å². The van der Waals surface area contributed by atoms with E-state index in [1.54, 1.807) is 31.4 Å². The first-order chi connectivity index (χ1) is 14.1. The van der Waals surface area contributed by atoms with Gasteiger partial charge in [0.1, 0.15) is 22.7 Å². The number of ether oxygens (including phenoxy) is 1. The van der Waals surface area contributed by atoms with E-state index in [0.29, 0.717) is 16.4 Å². The maximum atomic E-state index is 13.8. The van der Waals surface area contributed by atoms with Gasteiger partial charge in [0.2, 0.25) is 10.9 Å². The lowest BCUT2D eigenvalue weighted by Gasteiger charge is -2.22. The normalized spacial score (nSPS) is 15.7. The van der Waals surface area contributed by atoms with Gasteiger partial charge in [0, 0.05) is 0 Å². The number of benzene rings is 2. The fourth-order valence-corrected chi connectivity index (χ4v) is 4.10. The van der Waals surface area contributed by atoms with Crippen molar-refractivity contribution in [2.45, 2.75) is 6.04 Å². The molecule has 2 aromatic heterocycles. The zero-order valence-electron chi connectivity index (χ0n) is 15.0. The molecule has 7 nitrogen and oxygen atoms in total. The van der Waals surface area contributed by atoms with E-state index in [1.165, 1.54) is 33.9 Å². The minimum absolute atomic E-state index is 0.0779. The van der Waals surface area contributed by atoms with Gasteiger partial charge >= 0.3 is 0 Å². The van der Waals surface area contributed by atoms with E-state index in [2.05, 4.69) is 10.2 Å². The van der Waals surface area contributed by atoms with E-state index in [4.69, 9.17) is 9.15 Å². The van der Waals surface area contributed by atoms with Crippen molar-refractivity contribution in [1.82, 2.24) is 10.2 Å². The Morgan fingerprint density at radius 3 is 2.66 bits per heavy atom. The van der Waals surface area contributed by atoms with Crippen LogP contribution >= 0.6 is 11.3 Å². The van der Waals surface area contributed by atoms with Crippen LogP contribution in [-0.4, -0.2) is 23.2 Å². The van der Waals surface area contributed by atoms with Crippen molar-refractivity contribution < 1.29 is 18.3 Å². The first-order valence-corrected chi connectivity index (χ1v) is 9.46. The van der Waals surface area contributed by atoms with Crippen LogP contribution in [0, 0.1) is 5.82 Å². The molecule has 1 unspecified atom stereocenters. The fourth-order valence-electron chi connectivity index (χ4n) is 3.52. The number of nitrogens with zero attached hydrogens (tertiary/aromatic N) is 3. The average Bonchev–Trinajstić information content (AvgIpc) is 3.35. The van der Waals surface area contributed by atoms with Gasteiger partial charge in [-0.3, -0.25) is 14.5 Å². The fraction of sp³-hybridized carbons (Fsp3) is 0.100. The van der Waals surface area contributed by atoms with Crippen molar-refractivity contribution in [2.75, 3.05) is 12.0 Å². The number of hydrogen-bond acceptors (Lipinski definition) is 7. The molecular weight excluding hydrogens is 397 g/mol. The summed E-state index contributed by atoms with van der Waals surface area (Å²) in [6, 6.07) is 9.85. The van der Waals surface area contributed by atoms with Crippen LogP contribution in [0.4, 0.5) is 9.52 Å². The number of anilines is 1. The first kappa shape index (κ1) is 17.5. The van der Waals surface area contributed by atoms with Gasteiger partial charge in [0.05, 0.1) is 24.1 Å². The third-order valence-corrected chi connectivity index (χ3v) is 5.51. The van der Waals surface area contributed by atoms with Crippen LogP contribution in [0.5, 0.6) is 5.75 Å². The van der Waals surface area contributed by atoms with Crippen molar-refractivity contribution in [3.63, 3.8) is 0 Å². The van der Waals surface area contributed by atoms with Gasteiger partial charge in [-0.15, -0.1) is 10.2 Å². The Kier molecular flexibility index (Phi) is 3.92. The highest BCUT2D eigenvalue weighted by atomic mass is 32.1. The topological polar surface area (TPSA) is 85.5 Å². The lowest BCUT2D eigenvalue weighted by Crippen LogP contribution is -2.29. The molecule has 0 aliphatic carbocycles. The molecule has 0 N–H and O–H groups in total. The van der Waals surface area contributed by atoms with Crippen molar-refractivity contribution in [2.24, 2.45) is 0 Å². The summed E-state index contributed by atoms with van der Waals surface area (Å²) in [5.74, 6) is -0.504. The van der Waals surface area contributed by atoms with Crippen LogP contribution in [0.25, 0.3) is 11.0 Å². The summed E-state index contributed by atoms with van der Waals surface area (Å²) in [6.45, 7) is 0. The van der Waals surface area contributed by atoms with Gasteiger partial charge in [-0.05, 0) is 35.9 Å².